The number of benzene rings is 3. The average Bonchev–Trinajstić information content (AvgIpc) is 3.11. The Kier molecular flexibility index (Phi) is 5.86. The Bertz CT molecular complexity index is 1360. The molecule has 0 aliphatic carbocycles. The molecule has 0 radical (unpaired) electrons. The van der Waals surface area contributed by atoms with Crippen LogP contribution in [0.4, 0.5) is 13.2 Å². The molecular formula is C25H20F3NO4. The third-order valence-corrected chi connectivity index (χ3v) is 5.51. The minimum atomic E-state index is -1.09. The van der Waals surface area contributed by atoms with E-state index in [2.05, 4.69) is 0 Å². The Morgan fingerprint density at radius 3 is 2.33 bits per heavy atom. The van der Waals surface area contributed by atoms with Crippen LogP contribution in [-0.4, -0.2) is 34.5 Å². The van der Waals surface area contributed by atoms with Crippen LogP contribution in [0, 0.1) is 17.5 Å². The molecule has 0 aliphatic heterocycles. The third-order valence-electron chi connectivity index (χ3n) is 5.51. The number of halogens is 3. The lowest BCUT2D eigenvalue weighted by Crippen LogP contribution is -2.10. The zero-order valence-corrected chi connectivity index (χ0v) is 17.8. The van der Waals surface area contributed by atoms with Crippen molar-refractivity contribution in [1.82, 2.24) is 4.57 Å². The van der Waals surface area contributed by atoms with Gasteiger partial charge in [0.15, 0.2) is 11.6 Å². The summed E-state index contributed by atoms with van der Waals surface area (Å²) in [5.41, 5.74) is 2.18. The molecule has 0 bridgehead atoms. The number of carbonyl (C=O) groups is 1. The van der Waals surface area contributed by atoms with Crippen molar-refractivity contribution >= 4 is 16.9 Å². The highest BCUT2D eigenvalue weighted by molar-refractivity contribution is 6.03. The van der Waals surface area contributed by atoms with Crippen LogP contribution < -0.4 is 0 Å². The largest absolute Gasteiger partial charge is 0.507 e. The topological polar surface area (TPSA) is 71.7 Å². The Balaban J connectivity index is 2.14. The average molecular weight is 455 g/mol. The van der Waals surface area contributed by atoms with E-state index < -0.39 is 23.4 Å². The van der Waals surface area contributed by atoms with E-state index in [9.17, 15) is 28.2 Å². The second-order valence-corrected chi connectivity index (χ2v) is 7.75. The fourth-order valence-electron chi connectivity index (χ4n) is 4.15. The van der Waals surface area contributed by atoms with E-state index in [4.69, 9.17) is 4.74 Å². The summed E-state index contributed by atoms with van der Waals surface area (Å²) >= 11 is 0. The Labute approximate surface area is 187 Å². The first kappa shape index (κ1) is 22.4. The molecule has 0 fully saturated rings. The smallest absolute Gasteiger partial charge is 0.335 e. The van der Waals surface area contributed by atoms with Crippen LogP contribution in [0.15, 0.2) is 54.6 Å². The summed E-state index contributed by atoms with van der Waals surface area (Å²) in [6.07, 6.45) is 0. The molecule has 170 valence electrons. The summed E-state index contributed by atoms with van der Waals surface area (Å²) in [7, 11) is 1.51. The number of ether oxygens (including phenoxy) is 1. The lowest BCUT2D eigenvalue weighted by Gasteiger charge is -2.18. The van der Waals surface area contributed by atoms with Crippen LogP contribution in [0.5, 0.6) is 5.75 Å². The molecule has 1 heterocycles. The van der Waals surface area contributed by atoms with Gasteiger partial charge >= 0.3 is 5.97 Å². The van der Waals surface area contributed by atoms with Crippen molar-refractivity contribution in [3.8, 4) is 22.6 Å². The van der Waals surface area contributed by atoms with E-state index in [0.29, 0.717) is 22.2 Å². The predicted molar refractivity (Wildman–Crippen MR) is 118 cm³/mol. The predicted octanol–water partition coefficient (Wildman–Crippen LogP) is 5.87. The molecule has 1 aromatic heterocycles. The number of rotatable bonds is 6. The van der Waals surface area contributed by atoms with E-state index in [0.717, 1.165) is 18.2 Å². The lowest BCUT2D eigenvalue weighted by atomic mass is 9.95. The molecule has 0 aliphatic rings. The summed E-state index contributed by atoms with van der Waals surface area (Å²) in [5.74, 6) is -4.57. The van der Waals surface area contributed by atoms with Crippen molar-refractivity contribution in [2.45, 2.75) is 12.8 Å². The molecule has 1 unspecified atom stereocenters. The zero-order chi connectivity index (χ0) is 23.9. The number of phenols is 1. The second kappa shape index (κ2) is 8.63. The fourth-order valence-corrected chi connectivity index (χ4v) is 4.15. The quantitative estimate of drug-likeness (QED) is 0.382. The van der Waals surface area contributed by atoms with Crippen molar-refractivity contribution < 1.29 is 32.9 Å². The van der Waals surface area contributed by atoms with Crippen LogP contribution in [0.25, 0.3) is 27.7 Å². The zero-order valence-electron chi connectivity index (χ0n) is 17.8. The molecule has 33 heavy (non-hydrogen) atoms. The fraction of sp³-hybridized carbons (Fsp3) is 0.160. The molecule has 0 saturated heterocycles. The standard InChI is InChI=1S/C25H20F3NO4/c1-13(12-33-2)24-22(14-3-5-15(6-4-14)25(31)32)23-20(9-16(26)10-21(23)30)29(24)17-7-8-18(27)19(28)11-17/h3-11,13,30H,12H2,1-2H3,(H,31,32). The van der Waals surface area contributed by atoms with Gasteiger partial charge in [-0.05, 0) is 35.9 Å². The SMILES string of the molecule is COCC(C)c1c(-c2ccc(C(=O)O)cc2)c2c(O)cc(F)cc2n1-c1ccc(F)c(F)c1. The maximum Gasteiger partial charge on any atom is 0.335 e. The second-order valence-electron chi connectivity index (χ2n) is 7.75. The first-order chi connectivity index (χ1) is 15.7. The molecule has 8 heteroatoms. The molecule has 0 amide bonds. The van der Waals surface area contributed by atoms with Crippen LogP contribution >= 0.6 is 0 Å². The first-order valence-corrected chi connectivity index (χ1v) is 10.1. The Morgan fingerprint density at radius 2 is 1.73 bits per heavy atom. The number of carboxylic acids is 1. The van der Waals surface area contributed by atoms with Crippen molar-refractivity contribution in [3.05, 3.63) is 83.3 Å². The van der Waals surface area contributed by atoms with E-state index in [1.165, 1.54) is 31.4 Å². The van der Waals surface area contributed by atoms with Gasteiger partial charge in [-0.15, -0.1) is 0 Å². The van der Waals surface area contributed by atoms with Gasteiger partial charge in [0.25, 0.3) is 0 Å². The minimum absolute atomic E-state index is 0.0739. The molecule has 4 aromatic rings. The number of aromatic nitrogens is 1. The van der Waals surface area contributed by atoms with Crippen molar-refractivity contribution in [2.24, 2.45) is 0 Å². The number of fused-ring (bicyclic) bond motifs is 1. The van der Waals surface area contributed by atoms with Gasteiger partial charge in [-0.25, -0.2) is 18.0 Å². The molecule has 4 rings (SSSR count). The van der Waals surface area contributed by atoms with Gasteiger partial charge in [0.2, 0.25) is 0 Å². The van der Waals surface area contributed by atoms with E-state index >= 15 is 0 Å². The normalized spacial score (nSPS) is 12.3. The number of aromatic carboxylic acids is 1. The highest BCUT2D eigenvalue weighted by Gasteiger charge is 2.27. The summed E-state index contributed by atoms with van der Waals surface area (Å²) in [5, 5.41) is 20.3. The number of hydrogen-bond donors (Lipinski definition) is 2. The Hall–Kier alpha value is -3.78. The minimum Gasteiger partial charge on any atom is -0.507 e. The number of nitrogens with zero attached hydrogens (tertiary/aromatic N) is 1. The van der Waals surface area contributed by atoms with Crippen LogP contribution in [0.2, 0.25) is 0 Å². The number of phenolic OH excluding ortho intramolecular Hbond substituents is 1. The van der Waals surface area contributed by atoms with Crippen molar-refractivity contribution in [2.75, 3.05) is 13.7 Å². The van der Waals surface area contributed by atoms with Crippen LogP contribution in [0.1, 0.15) is 28.9 Å². The molecule has 0 saturated carbocycles. The number of hydrogen-bond acceptors (Lipinski definition) is 3. The summed E-state index contributed by atoms with van der Waals surface area (Å²) < 4.78 is 49.1. The van der Waals surface area contributed by atoms with Crippen LogP contribution in [0.3, 0.4) is 0 Å². The maximum atomic E-state index is 14.4. The van der Waals surface area contributed by atoms with E-state index in [-0.39, 0.29) is 35.0 Å². The lowest BCUT2D eigenvalue weighted by molar-refractivity contribution is 0.0697. The molecular weight excluding hydrogens is 435 g/mol. The van der Waals surface area contributed by atoms with Gasteiger partial charge in [-0.2, -0.15) is 0 Å². The molecule has 1 atom stereocenters. The first-order valence-electron chi connectivity index (χ1n) is 10.1. The highest BCUT2D eigenvalue weighted by atomic mass is 19.2. The molecule has 0 spiro atoms. The van der Waals surface area contributed by atoms with Crippen LogP contribution in [-0.2, 0) is 4.74 Å². The number of carboxylic acid groups (broad SMARTS) is 1. The summed E-state index contributed by atoms with van der Waals surface area (Å²) in [6, 6.07) is 11.5. The number of aromatic hydroxyl groups is 1. The molecule has 5 nitrogen and oxygen atoms in total. The summed E-state index contributed by atoms with van der Waals surface area (Å²) in [6.45, 7) is 2.08. The van der Waals surface area contributed by atoms with Gasteiger partial charge in [0, 0.05) is 42.1 Å². The van der Waals surface area contributed by atoms with Gasteiger partial charge in [-0.1, -0.05) is 19.1 Å². The van der Waals surface area contributed by atoms with Gasteiger partial charge in [0.1, 0.15) is 11.6 Å². The monoisotopic (exact) mass is 455 g/mol. The highest BCUT2D eigenvalue weighted by Crippen LogP contribution is 2.44. The van der Waals surface area contributed by atoms with Gasteiger partial charge in [0.05, 0.1) is 23.1 Å². The third kappa shape index (κ3) is 3.93. The van der Waals surface area contributed by atoms with Crippen molar-refractivity contribution in [1.29, 1.82) is 0 Å². The van der Waals surface area contributed by atoms with E-state index in [1.54, 1.807) is 16.7 Å². The Morgan fingerprint density at radius 1 is 1.03 bits per heavy atom. The van der Waals surface area contributed by atoms with E-state index in [1.807, 2.05) is 6.92 Å². The number of methoxy groups -OCH3 is 1. The van der Waals surface area contributed by atoms with Crippen molar-refractivity contribution in [3.63, 3.8) is 0 Å². The molecule has 3 aromatic carbocycles. The van der Waals surface area contributed by atoms with Gasteiger partial charge < -0.3 is 19.5 Å². The maximum absolute atomic E-state index is 14.4. The summed E-state index contributed by atoms with van der Waals surface area (Å²) in [4.78, 5) is 11.3. The molecule has 2 N–H and O–H groups in total. The van der Waals surface area contributed by atoms with Gasteiger partial charge in [-0.3, -0.25) is 0 Å².